The second-order valence-corrected chi connectivity index (χ2v) is 4.75. The minimum atomic E-state index is -0.232. The van der Waals surface area contributed by atoms with Gasteiger partial charge in [0.1, 0.15) is 11.6 Å². The second kappa shape index (κ2) is 6.97. The van der Waals surface area contributed by atoms with Gasteiger partial charge in [-0.25, -0.2) is 0 Å². The Morgan fingerprint density at radius 1 is 1.39 bits per heavy atom. The molecule has 1 aromatic heterocycles. The molecule has 0 fully saturated rings. The zero-order valence-electron chi connectivity index (χ0n) is 11.3. The predicted octanol–water partition coefficient (Wildman–Crippen LogP) is 2.09. The highest BCUT2D eigenvalue weighted by atomic mass is 16.5. The van der Waals surface area contributed by atoms with Crippen molar-refractivity contribution >= 4 is 0 Å². The van der Waals surface area contributed by atoms with Gasteiger partial charge in [0, 0.05) is 18.8 Å². The molecule has 0 aliphatic carbocycles. The van der Waals surface area contributed by atoms with Gasteiger partial charge in [0.15, 0.2) is 0 Å². The first-order valence-electron chi connectivity index (χ1n) is 6.24. The van der Waals surface area contributed by atoms with Gasteiger partial charge in [0.05, 0.1) is 6.61 Å². The van der Waals surface area contributed by atoms with E-state index >= 15 is 0 Å². The number of hydrogen-bond acceptors (Lipinski definition) is 3. The Bertz CT molecular complexity index is 484. The second-order valence-electron chi connectivity index (χ2n) is 4.75. The quantitative estimate of drug-likeness (QED) is 0.724. The summed E-state index contributed by atoms with van der Waals surface area (Å²) in [4.78, 5) is 11.9. The molecular formula is C14H20N2O2. The Labute approximate surface area is 108 Å². The van der Waals surface area contributed by atoms with Gasteiger partial charge in [-0.05, 0) is 31.4 Å². The van der Waals surface area contributed by atoms with Gasteiger partial charge >= 0.3 is 0 Å². The molecule has 1 aromatic rings. The molecule has 0 saturated carbocycles. The van der Waals surface area contributed by atoms with Gasteiger partial charge in [0.25, 0.3) is 5.56 Å². The molecule has 0 amide bonds. The highest BCUT2D eigenvalue weighted by molar-refractivity contribution is 5.27. The van der Waals surface area contributed by atoms with Crippen LogP contribution in [0.25, 0.3) is 0 Å². The number of nitrogens with zero attached hydrogens (tertiary/aromatic N) is 2. The van der Waals surface area contributed by atoms with E-state index in [-0.39, 0.29) is 11.1 Å². The fourth-order valence-electron chi connectivity index (χ4n) is 1.61. The molecule has 1 heterocycles. The summed E-state index contributed by atoms with van der Waals surface area (Å²) in [7, 11) is 0. The zero-order valence-corrected chi connectivity index (χ0v) is 11.3. The van der Waals surface area contributed by atoms with Crippen molar-refractivity contribution in [2.45, 2.75) is 33.7 Å². The first-order valence-corrected chi connectivity index (χ1v) is 6.24. The molecule has 0 saturated heterocycles. The lowest BCUT2D eigenvalue weighted by atomic mass is 10.1. The number of rotatable bonds is 6. The van der Waals surface area contributed by atoms with Crippen molar-refractivity contribution in [1.29, 1.82) is 5.26 Å². The van der Waals surface area contributed by atoms with E-state index in [1.54, 1.807) is 16.7 Å². The third-order valence-electron chi connectivity index (χ3n) is 2.81. The SMILES string of the molecule is Cc1ccc(C#N)c(=O)n1CCOCCC(C)C. The van der Waals surface area contributed by atoms with Gasteiger partial charge < -0.3 is 9.30 Å². The first-order chi connectivity index (χ1) is 8.56. The van der Waals surface area contributed by atoms with Gasteiger partial charge in [-0.2, -0.15) is 5.26 Å². The van der Waals surface area contributed by atoms with Crippen molar-refractivity contribution in [3.63, 3.8) is 0 Å². The number of ether oxygens (including phenoxy) is 1. The summed E-state index contributed by atoms with van der Waals surface area (Å²) in [6, 6.07) is 5.25. The Hall–Kier alpha value is -1.60. The maximum atomic E-state index is 11.9. The smallest absolute Gasteiger partial charge is 0.268 e. The topological polar surface area (TPSA) is 55.0 Å². The Balaban J connectivity index is 2.58. The fourth-order valence-corrected chi connectivity index (χ4v) is 1.61. The zero-order chi connectivity index (χ0) is 13.5. The van der Waals surface area contributed by atoms with E-state index in [4.69, 9.17) is 10.00 Å². The van der Waals surface area contributed by atoms with Crippen LogP contribution in [0.1, 0.15) is 31.5 Å². The Kier molecular flexibility index (Phi) is 5.60. The first kappa shape index (κ1) is 14.5. The van der Waals surface area contributed by atoms with Gasteiger partial charge in [-0.3, -0.25) is 4.79 Å². The minimum absolute atomic E-state index is 0.183. The predicted molar refractivity (Wildman–Crippen MR) is 70.4 cm³/mol. The van der Waals surface area contributed by atoms with E-state index in [2.05, 4.69) is 13.8 Å². The average Bonchev–Trinajstić information content (AvgIpc) is 2.32. The van der Waals surface area contributed by atoms with Crippen LogP contribution in [0.2, 0.25) is 0 Å². The van der Waals surface area contributed by atoms with Crippen LogP contribution >= 0.6 is 0 Å². The summed E-state index contributed by atoms with van der Waals surface area (Å²) >= 11 is 0. The van der Waals surface area contributed by atoms with Crippen LogP contribution in [0.5, 0.6) is 0 Å². The highest BCUT2D eigenvalue weighted by Gasteiger charge is 2.05. The standard InChI is InChI=1S/C14H20N2O2/c1-11(2)6-8-18-9-7-16-12(3)4-5-13(10-15)14(16)17/h4-5,11H,6-9H2,1-3H3. The number of pyridine rings is 1. The average molecular weight is 248 g/mol. The van der Waals surface area contributed by atoms with E-state index in [1.165, 1.54) is 0 Å². The summed E-state index contributed by atoms with van der Waals surface area (Å²) in [5.41, 5.74) is 0.805. The molecule has 0 bridgehead atoms. The lowest BCUT2D eigenvalue weighted by molar-refractivity contribution is 0.115. The number of hydrogen-bond donors (Lipinski definition) is 0. The maximum absolute atomic E-state index is 11.9. The Morgan fingerprint density at radius 2 is 2.11 bits per heavy atom. The summed E-state index contributed by atoms with van der Waals surface area (Å²) < 4.78 is 7.08. The molecule has 0 unspecified atom stereocenters. The van der Waals surface area contributed by atoms with Crippen LogP contribution in [0, 0.1) is 24.2 Å². The normalized spacial score (nSPS) is 10.6. The number of aryl methyl sites for hydroxylation is 1. The molecule has 0 N–H and O–H groups in total. The van der Waals surface area contributed by atoms with E-state index in [1.807, 2.05) is 13.0 Å². The van der Waals surface area contributed by atoms with Crippen molar-refractivity contribution in [1.82, 2.24) is 4.57 Å². The fraction of sp³-hybridized carbons (Fsp3) is 0.571. The van der Waals surface area contributed by atoms with Crippen molar-refractivity contribution in [3.05, 3.63) is 33.7 Å². The van der Waals surface area contributed by atoms with E-state index in [0.29, 0.717) is 25.7 Å². The molecule has 0 spiro atoms. The van der Waals surface area contributed by atoms with Crippen LogP contribution in [-0.2, 0) is 11.3 Å². The molecule has 18 heavy (non-hydrogen) atoms. The highest BCUT2D eigenvalue weighted by Crippen LogP contribution is 2.00. The van der Waals surface area contributed by atoms with Crippen LogP contribution in [0.3, 0.4) is 0 Å². The minimum Gasteiger partial charge on any atom is -0.380 e. The van der Waals surface area contributed by atoms with Crippen molar-refractivity contribution in [3.8, 4) is 6.07 Å². The van der Waals surface area contributed by atoms with E-state index in [9.17, 15) is 4.79 Å². The maximum Gasteiger partial charge on any atom is 0.268 e. The third kappa shape index (κ3) is 4.01. The van der Waals surface area contributed by atoms with Gasteiger partial charge in [-0.1, -0.05) is 13.8 Å². The number of nitriles is 1. The van der Waals surface area contributed by atoms with Gasteiger partial charge in [0.2, 0.25) is 0 Å². The van der Waals surface area contributed by atoms with Gasteiger partial charge in [-0.15, -0.1) is 0 Å². The summed E-state index contributed by atoms with van der Waals surface area (Å²) in [5.74, 6) is 0.622. The van der Waals surface area contributed by atoms with E-state index in [0.717, 1.165) is 12.1 Å². The van der Waals surface area contributed by atoms with Crippen LogP contribution in [-0.4, -0.2) is 17.8 Å². The molecule has 0 aliphatic rings. The summed E-state index contributed by atoms with van der Waals surface area (Å²) in [5, 5.41) is 8.81. The van der Waals surface area contributed by atoms with Crippen LogP contribution < -0.4 is 5.56 Å². The van der Waals surface area contributed by atoms with Crippen molar-refractivity contribution < 1.29 is 4.74 Å². The van der Waals surface area contributed by atoms with Crippen LogP contribution in [0.15, 0.2) is 16.9 Å². The molecule has 4 heteroatoms. The molecular weight excluding hydrogens is 228 g/mol. The molecule has 1 rings (SSSR count). The molecule has 0 radical (unpaired) electrons. The Morgan fingerprint density at radius 3 is 2.72 bits per heavy atom. The largest absolute Gasteiger partial charge is 0.380 e. The molecule has 0 aliphatic heterocycles. The number of aromatic nitrogens is 1. The van der Waals surface area contributed by atoms with Crippen molar-refractivity contribution in [2.24, 2.45) is 5.92 Å². The summed E-state index contributed by atoms with van der Waals surface area (Å²) in [6.07, 6.45) is 1.02. The molecule has 0 atom stereocenters. The molecule has 98 valence electrons. The summed E-state index contributed by atoms with van der Waals surface area (Å²) in [6.45, 7) is 7.86. The molecule has 4 nitrogen and oxygen atoms in total. The molecule has 0 aromatic carbocycles. The third-order valence-corrected chi connectivity index (χ3v) is 2.81. The van der Waals surface area contributed by atoms with Crippen LogP contribution in [0.4, 0.5) is 0 Å². The lowest BCUT2D eigenvalue weighted by Crippen LogP contribution is -2.26. The van der Waals surface area contributed by atoms with Crippen molar-refractivity contribution in [2.75, 3.05) is 13.2 Å². The van der Waals surface area contributed by atoms with E-state index < -0.39 is 0 Å². The lowest BCUT2D eigenvalue weighted by Gasteiger charge is -2.11. The monoisotopic (exact) mass is 248 g/mol.